The van der Waals surface area contributed by atoms with Crippen molar-refractivity contribution < 1.29 is 19.1 Å². The Hall–Kier alpha value is -2.37. The smallest absolute Gasteiger partial charge is 0.362 e. The van der Waals surface area contributed by atoms with Gasteiger partial charge in [0.25, 0.3) is 0 Å². The molecule has 0 aromatic heterocycles. The van der Waals surface area contributed by atoms with Gasteiger partial charge in [0.2, 0.25) is 5.71 Å². The van der Waals surface area contributed by atoms with Crippen molar-refractivity contribution in [1.82, 2.24) is 0 Å². The Morgan fingerprint density at radius 1 is 1.20 bits per heavy atom. The number of para-hydroxylation sites is 2. The zero-order valence-corrected chi connectivity index (χ0v) is 11.8. The van der Waals surface area contributed by atoms with Gasteiger partial charge in [-0.2, -0.15) is 5.10 Å². The number of ether oxygens (including phenoxy) is 2. The predicted molar refractivity (Wildman–Crippen MR) is 76.0 cm³/mol. The highest BCUT2D eigenvalue weighted by molar-refractivity contribution is 6.64. The van der Waals surface area contributed by atoms with Gasteiger partial charge in [0.1, 0.15) is 5.75 Å². The molecule has 0 bridgehead atoms. The van der Waals surface area contributed by atoms with Crippen molar-refractivity contribution in [2.75, 3.05) is 18.6 Å². The van der Waals surface area contributed by atoms with Crippen molar-refractivity contribution in [3.8, 4) is 5.75 Å². The van der Waals surface area contributed by atoms with Crippen LogP contribution >= 0.6 is 0 Å². The Kier molecular flexibility index (Phi) is 6.22. The molecule has 108 valence electrons. The largest absolute Gasteiger partial charge is 0.492 e. The summed E-state index contributed by atoms with van der Waals surface area (Å²) in [7, 11) is 0. The lowest BCUT2D eigenvalue weighted by Gasteiger charge is -2.09. The molecule has 0 radical (unpaired) electrons. The van der Waals surface area contributed by atoms with Gasteiger partial charge in [0.15, 0.2) is 5.78 Å². The molecule has 0 spiro atoms. The summed E-state index contributed by atoms with van der Waals surface area (Å²) in [6.07, 6.45) is 0. The monoisotopic (exact) mass is 278 g/mol. The van der Waals surface area contributed by atoms with Crippen molar-refractivity contribution in [3.63, 3.8) is 0 Å². The van der Waals surface area contributed by atoms with Crippen LogP contribution in [0.3, 0.4) is 0 Å². The third-order valence-electron chi connectivity index (χ3n) is 2.28. The highest BCUT2D eigenvalue weighted by Gasteiger charge is 2.18. The predicted octanol–water partition coefficient (Wildman–Crippen LogP) is 2.01. The number of carbonyl (C=O) groups is 2. The molecule has 1 N–H and O–H groups in total. The van der Waals surface area contributed by atoms with Crippen LogP contribution in [0, 0.1) is 0 Å². The first-order valence-corrected chi connectivity index (χ1v) is 6.33. The fourth-order valence-electron chi connectivity index (χ4n) is 1.42. The molecular weight excluding hydrogens is 260 g/mol. The molecule has 1 aromatic carbocycles. The van der Waals surface area contributed by atoms with E-state index in [1.165, 1.54) is 6.92 Å². The number of nitrogens with one attached hydrogen (secondary N) is 1. The van der Waals surface area contributed by atoms with Crippen LogP contribution in [0.1, 0.15) is 20.8 Å². The van der Waals surface area contributed by atoms with Gasteiger partial charge < -0.3 is 9.47 Å². The summed E-state index contributed by atoms with van der Waals surface area (Å²) in [5.74, 6) is -0.628. The average Bonchev–Trinajstić information content (AvgIpc) is 2.41. The number of nitrogens with zero attached hydrogens (tertiary/aromatic N) is 1. The molecule has 0 saturated heterocycles. The molecule has 0 atom stereocenters. The van der Waals surface area contributed by atoms with Gasteiger partial charge in [-0.3, -0.25) is 10.2 Å². The maximum absolute atomic E-state index is 11.6. The molecule has 0 saturated carbocycles. The van der Waals surface area contributed by atoms with E-state index < -0.39 is 11.8 Å². The second kappa shape index (κ2) is 7.93. The van der Waals surface area contributed by atoms with Gasteiger partial charge in [-0.15, -0.1) is 0 Å². The quantitative estimate of drug-likeness (QED) is 0.357. The van der Waals surface area contributed by atoms with Gasteiger partial charge in [-0.05, 0) is 26.0 Å². The molecular formula is C14H18N2O4. The lowest BCUT2D eigenvalue weighted by Crippen LogP contribution is -2.25. The molecule has 1 aromatic rings. The van der Waals surface area contributed by atoms with Gasteiger partial charge in [-0.25, -0.2) is 4.79 Å². The Morgan fingerprint density at radius 2 is 1.90 bits per heavy atom. The van der Waals surface area contributed by atoms with Crippen LogP contribution in [0.25, 0.3) is 0 Å². The number of ketones is 1. The standard InChI is InChI=1S/C14H18N2O4/c1-4-19-12-9-7-6-8-11(12)15-16-13(10(3)17)14(18)20-5-2/h6-9,15H,4-5H2,1-3H3/b16-13+. The van der Waals surface area contributed by atoms with Gasteiger partial charge in [-0.1, -0.05) is 12.1 Å². The Labute approximate surface area is 117 Å². The molecule has 6 nitrogen and oxygen atoms in total. The Bertz CT molecular complexity index is 512. The van der Waals surface area contributed by atoms with E-state index in [9.17, 15) is 9.59 Å². The lowest BCUT2D eigenvalue weighted by atomic mass is 10.3. The normalized spacial score (nSPS) is 10.8. The van der Waals surface area contributed by atoms with E-state index in [4.69, 9.17) is 9.47 Å². The number of carbonyl (C=O) groups excluding carboxylic acids is 2. The fourth-order valence-corrected chi connectivity index (χ4v) is 1.42. The zero-order valence-electron chi connectivity index (χ0n) is 11.8. The molecule has 20 heavy (non-hydrogen) atoms. The van der Waals surface area contributed by atoms with Crippen molar-refractivity contribution in [2.24, 2.45) is 5.10 Å². The Morgan fingerprint density at radius 3 is 2.50 bits per heavy atom. The molecule has 6 heteroatoms. The van der Waals surface area contributed by atoms with E-state index >= 15 is 0 Å². The topological polar surface area (TPSA) is 77.0 Å². The molecule has 0 unspecified atom stereocenters. The van der Waals surface area contributed by atoms with E-state index in [1.54, 1.807) is 25.1 Å². The maximum Gasteiger partial charge on any atom is 0.362 e. The van der Waals surface area contributed by atoms with E-state index in [0.29, 0.717) is 18.0 Å². The number of hydrazone groups is 1. The molecule has 0 fully saturated rings. The number of esters is 1. The zero-order chi connectivity index (χ0) is 15.0. The van der Waals surface area contributed by atoms with Crippen LogP contribution in [-0.2, 0) is 14.3 Å². The SMILES string of the molecule is CCOC(=O)/C(=N/Nc1ccccc1OCC)C(C)=O. The van der Waals surface area contributed by atoms with Crippen LogP contribution in [-0.4, -0.2) is 30.7 Å². The fraction of sp³-hybridized carbons (Fsp3) is 0.357. The Balaban J connectivity index is 2.92. The minimum Gasteiger partial charge on any atom is -0.492 e. The van der Waals surface area contributed by atoms with E-state index in [1.807, 2.05) is 13.0 Å². The molecule has 0 aliphatic rings. The maximum atomic E-state index is 11.6. The minimum atomic E-state index is -0.749. The number of hydrogen-bond donors (Lipinski definition) is 1. The van der Waals surface area contributed by atoms with E-state index in [0.717, 1.165) is 0 Å². The van der Waals surface area contributed by atoms with Crippen LogP contribution in [0.5, 0.6) is 5.75 Å². The van der Waals surface area contributed by atoms with E-state index in [-0.39, 0.29) is 12.3 Å². The first kappa shape index (κ1) is 15.7. The highest BCUT2D eigenvalue weighted by atomic mass is 16.5. The number of benzene rings is 1. The van der Waals surface area contributed by atoms with Crippen LogP contribution < -0.4 is 10.2 Å². The molecule has 0 heterocycles. The van der Waals surface area contributed by atoms with Crippen LogP contribution in [0.15, 0.2) is 29.4 Å². The molecule has 1 rings (SSSR count). The van der Waals surface area contributed by atoms with Crippen molar-refractivity contribution >= 4 is 23.2 Å². The summed E-state index contributed by atoms with van der Waals surface area (Å²) in [4.78, 5) is 23.0. The summed E-state index contributed by atoms with van der Waals surface area (Å²) < 4.78 is 10.2. The van der Waals surface area contributed by atoms with Crippen LogP contribution in [0.2, 0.25) is 0 Å². The highest BCUT2D eigenvalue weighted by Crippen LogP contribution is 2.23. The van der Waals surface area contributed by atoms with E-state index in [2.05, 4.69) is 10.5 Å². The van der Waals surface area contributed by atoms with Gasteiger partial charge in [0, 0.05) is 6.92 Å². The summed E-state index contributed by atoms with van der Waals surface area (Å²) in [6.45, 7) is 5.46. The summed E-state index contributed by atoms with van der Waals surface area (Å²) in [6, 6.07) is 7.10. The average molecular weight is 278 g/mol. The molecule has 0 amide bonds. The summed E-state index contributed by atoms with van der Waals surface area (Å²) in [5.41, 5.74) is 2.95. The first-order valence-electron chi connectivity index (χ1n) is 6.33. The third kappa shape index (κ3) is 4.38. The van der Waals surface area contributed by atoms with Crippen LogP contribution in [0.4, 0.5) is 5.69 Å². The minimum absolute atomic E-state index is 0.181. The van der Waals surface area contributed by atoms with Gasteiger partial charge in [0.05, 0.1) is 18.9 Å². The van der Waals surface area contributed by atoms with Crippen molar-refractivity contribution in [3.05, 3.63) is 24.3 Å². The van der Waals surface area contributed by atoms with Gasteiger partial charge >= 0.3 is 5.97 Å². The molecule has 0 aliphatic heterocycles. The second-order valence-corrected chi connectivity index (χ2v) is 3.78. The lowest BCUT2D eigenvalue weighted by molar-refractivity contribution is -0.135. The van der Waals surface area contributed by atoms with Crippen molar-refractivity contribution in [2.45, 2.75) is 20.8 Å². The summed E-state index contributed by atoms with van der Waals surface area (Å²) >= 11 is 0. The second-order valence-electron chi connectivity index (χ2n) is 3.78. The number of hydrogen-bond acceptors (Lipinski definition) is 6. The third-order valence-corrected chi connectivity index (χ3v) is 2.28. The first-order chi connectivity index (χ1) is 9.60. The van der Waals surface area contributed by atoms with Crippen molar-refractivity contribution in [1.29, 1.82) is 0 Å². The molecule has 0 aliphatic carbocycles. The number of Topliss-reactive ketones (excluding diaryl/α,β-unsaturated/α-hetero) is 1. The number of anilines is 1. The number of rotatable bonds is 7. The summed E-state index contributed by atoms with van der Waals surface area (Å²) in [5, 5.41) is 3.82.